The number of carbonyl (C=O) groups is 1. The average Bonchev–Trinajstić information content (AvgIpc) is 2.80. The number of carbonyl (C=O) groups excluding carboxylic acids is 1. The lowest BCUT2D eigenvalue weighted by Crippen LogP contribution is -2.31. The van der Waals surface area contributed by atoms with Gasteiger partial charge in [-0.25, -0.2) is 9.37 Å². The van der Waals surface area contributed by atoms with E-state index in [0.29, 0.717) is 25.7 Å². The minimum absolute atomic E-state index is 0.0385. The minimum atomic E-state index is -4.71. The summed E-state index contributed by atoms with van der Waals surface area (Å²) >= 11 is 0. The largest absolute Gasteiger partial charge is 0.495 e. The van der Waals surface area contributed by atoms with Crippen molar-refractivity contribution in [1.82, 2.24) is 20.2 Å². The summed E-state index contributed by atoms with van der Waals surface area (Å²) in [7, 11) is 5.00. The number of hydrogen-bond donors (Lipinski definition) is 2. The maximum atomic E-state index is 14.8. The third kappa shape index (κ3) is 6.96. The van der Waals surface area contributed by atoms with Gasteiger partial charge in [0, 0.05) is 25.4 Å². The third-order valence-corrected chi connectivity index (χ3v) is 5.98. The summed E-state index contributed by atoms with van der Waals surface area (Å²) in [6.45, 7) is 2.82. The van der Waals surface area contributed by atoms with Gasteiger partial charge >= 0.3 is 6.18 Å². The van der Waals surface area contributed by atoms with E-state index in [1.165, 1.54) is 13.2 Å². The summed E-state index contributed by atoms with van der Waals surface area (Å²) in [5.41, 5.74) is -1.29. The first-order valence-electron chi connectivity index (χ1n) is 11.7. The quantitative estimate of drug-likeness (QED) is 0.473. The van der Waals surface area contributed by atoms with E-state index in [-0.39, 0.29) is 28.9 Å². The molecule has 0 saturated heterocycles. The van der Waals surface area contributed by atoms with Crippen LogP contribution in [0.5, 0.6) is 11.6 Å². The van der Waals surface area contributed by atoms with Crippen LogP contribution in [-0.2, 0) is 6.18 Å². The van der Waals surface area contributed by atoms with E-state index in [0.717, 1.165) is 25.3 Å². The highest BCUT2D eigenvalue weighted by Crippen LogP contribution is 2.38. The molecule has 1 saturated carbocycles. The van der Waals surface area contributed by atoms with Crippen molar-refractivity contribution >= 4 is 17.5 Å². The number of rotatable bonds is 9. The van der Waals surface area contributed by atoms with E-state index in [9.17, 15) is 22.4 Å². The summed E-state index contributed by atoms with van der Waals surface area (Å²) < 4.78 is 66.5. The molecule has 1 aliphatic carbocycles. The number of nitrogens with one attached hydrogen (secondary N) is 2. The van der Waals surface area contributed by atoms with Crippen LogP contribution in [0.4, 0.5) is 29.2 Å². The van der Waals surface area contributed by atoms with Gasteiger partial charge in [-0.05, 0) is 45.3 Å². The summed E-state index contributed by atoms with van der Waals surface area (Å²) in [5.74, 6) is -2.13. The molecule has 0 radical (unpaired) electrons. The molecule has 0 aliphatic heterocycles. The van der Waals surface area contributed by atoms with Crippen molar-refractivity contribution in [2.24, 2.45) is 5.92 Å². The Kier molecular flexibility index (Phi) is 8.93. The van der Waals surface area contributed by atoms with Gasteiger partial charge in [-0.3, -0.25) is 4.79 Å². The van der Waals surface area contributed by atoms with Crippen LogP contribution in [0.15, 0.2) is 18.3 Å². The van der Waals surface area contributed by atoms with E-state index >= 15 is 0 Å². The van der Waals surface area contributed by atoms with E-state index in [4.69, 9.17) is 9.47 Å². The average molecular weight is 514 g/mol. The molecule has 1 aromatic carbocycles. The van der Waals surface area contributed by atoms with Crippen LogP contribution in [0, 0.1) is 11.7 Å². The summed E-state index contributed by atoms with van der Waals surface area (Å²) in [6, 6.07) is 2.21. The fourth-order valence-electron chi connectivity index (χ4n) is 3.91. The lowest BCUT2D eigenvalue weighted by Gasteiger charge is -2.29. The Labute approximate surface area is 207 Å². The SMILES string of the molecule is COc1cc(C(=O)NCCN(C)C)c(F)cc1Nc1ncc(C(F)(F)F)c(OC2CCCC[C@H]2C)n1. The van der Waals surface area contributed by atoms with Gasteiger partial charge in [0.25, 0.3) is 5.91 Å². The van der Waals surface area contributed by atoms with Gasteiger partial charge in [0.1, 0.15) is 23.2 Å². The van der Waals surface area contributed by atoms with Crippen LogP contribution < -0.4 is 20.1 Å². The molecule has 12 heteroatoms. The van der Waals surface area contributed by atoms with Crippen LogP contribution in [0.3, 0.4) is 0 Å². The van der Waals surface area contributed by atoms with Gasteiger partial charge in [0.15, 0.2) is 0 Å². The zero-order chi connectivity index (χ0) is 26.5. The number of amides is 1. The molecule has 1 fully saturated rings. The maximum absolute atomic E-state index is 14.8. The predicted octanol–water partition coefficient (Wildman–Crippen LogP) is 4.64. The van der Waals surface area contributed by atoms with Crippen molar-refractivity contribution in [2.45, 2.75) is 44.9 Å². The number of benzene rings is 1. The van der Waals surface area contributed by atoms with Crippen LogP contribution in [0.1, 0.15) is 48.5 Å². The normalized spacial score (nSPS) is 18.1. The zero-order valence-electron chi connectivity index (χ0n) is 20.7. The highest BCUT2D eigenvalue weighted by Gasteiger charge is 2.38. The molecule has 36 heavy (non-hydrogen) atoms. The number of alkyl halides is 3. The van der Waals surface area contributed by atoms with Gasteiger partial charge in [-0.15, -0.1) is 0 Å². The van der Waals surface area contributed by atoms with E-state index in [1.807, 2.05) is 25.9 Å². The number of ether oxygens (including phenoxy) is 2. The lowest BCUT2D eigenvalue weighted by molar-refractivity contribution is -0.140. The molecule has 8 nitrogen and oxygen atoms in total. The number of aromatic nitrogens is 2. The van der Waals surface area contributed by atoms with Gasteiger partial charge in [-0.1, -0.05) is 13.3 Å². The molecular weight excluding hydrogens is 482 g/mol. The Morgan fingerprint density at radius 2 is 1.94 bits per heavy atom. The maximum Gasteiger partial charge on any atom is 0.423 e. The van der Waals surface area contributed by atoms with Crippen molar-refractivity contribution < 1.29 is 31.8 Å². The van der Waals surface area contributed by atoms with E-state index < -0.39 is 35.4 Å². The Morgan fingerprint density at radius 1 is 1.22 bits per heavy atom. The predicted molar refractivity (Wildman–Crippen MR) is 126 cm³/mol. The summed E-state index contributed by atoms with van der Waals surface area (Å²) in [4.78, 5) is 22.0. The second-order valence-electron chi connectivity index (χ2n) is 9.04. The van der Waals surface area contributed by atoms with Crippen molar-refractivity contribution in [3.05, 3.63) is 35.3 Å². The van der Waals surface area contributed by atoms with Gasteiger partial charge in [-0.2, -0.15) is 18.2 Å². The van der Waals surface area contributed by atoms with Crippen LogP contribution in [0.2, 0.25) is 0 Å². The Bertz CT molecular complexity index is 1060. The number of likely N-dealkylation sites (N-methyl/N-ethyl adjacent to an activating group) is 1. The Balaban J connectivity index is 1.86. The molecule has 2 atom stereocenters. The fraction of sp³-hybridized carbons (Fsp3) is 0.542. The van der Waals surface area contributed by atoms with Crippen LogP contribution in [0.25, 0.3) is 0 Å². The first-order valence-corrected chi connectivity index (χ1v) is 11.7. The van der Waals surface area contributed by atoms with Crippen LogP contribution in [-0.4, -0.2) is 61.2 Å². The second-order valence-corrected chi connectivity index (χ2v) is 9.04. The van der Waals surface area contributed by atoms with Crippen LogP contribution >= 0.6 is 0 Å². The molecule has 1 unspecified atom stereocenters. The molecule has 1 heterocycles. The summed E-state index contributed by atoms with van der Waals surface area (Å²) in [5, 5.41) is 5.30. The molecule has 2 aromatic rings. The molecule has 3 rings (SSSR count). The minimum Gasteiger partial charge on any atom is -0.495 e. The molecular formula is C24H31F4N5O3. The zero-order valence-corrected chi connectivity index (χ0v) is 20.7. The smallest absolute Gasteiger partial charge is 0.423 e. The Morgan fingerprint density at radius 3 is 2.58 bits per heavy atom. The third-order valence-electron chi connectivity index (χ3n) is 5.98. The number of anilines is 2. The molecule has 198 valence electrons. The molecule has 2 N–H and O–H groups in total. The first-order chi connectivity index (χ1) is 17.0. The second kappa shape index (κ2) is 11.7. The number of nitrogens with zero attached hydrogens (tertiary/aromatic N) is 3. The number of halogens is 4. The molecule has 1 aliphatic rings. The highest BCUT2D eigenvalue weighted by molar-refractivity contribution is 5.95. The topological polar surface area (TPSA) is 88.6 Å². The number of hydrogen-bond acceptors (Lipinski definition) is 7. The molecule has 1 amide bonds. The van der Waals surface area contributed by atoms with Crippen molar-refractivity contribution in [3.8, 4) is 11.6 Å². The van der Waals surface area contributed by atoms with Gasteiger partial charge in [0.05, 0.1) is 18.4 Å². The fourth-order valence-corrected chi connectivity index (χ4v) is 3.91. The Hall–Kier alpha value is -3.15. The van der Waals surface area contributed by atoms with Crippen molar-refractivity contribution in [2.75, 3.05) is 39.6 Å². The standard InChI is InChI=1S/C24H31F4N5O3/c1-14-7-5-6-8-19(14)36-22-16(24(26,27)28)13-30-23(32-22)31-18-12-17(25)15(11-20(18)35-4)21(34)29-9-10-33(2)3/h11-14,19H,5-10H2,1-4H3,(H,29,34)(H,30,31,32)/t14-,19?/m1/s1. The monoisotopic (exact) mass is 513 g/mol. The van der Waals surface area contributed by atoms with Gasteiger partial charge < -0.3 is 25.0 Å². The molecule has 0 bridgehead atoms. The van der Waals surface area contributed by atoms with Crippen molar-refractivity contribution in [3.63, 3.8) is 0 Å². The molecule has 1 aromatic heterocycles. The lowest BCUT2D eigenvalue weighted by atomic mass is 9.88. The van der Waals surface area contributed by atoms with E-state index in [2.05, 4.69) is 20.6 Å². The van der Waals surface area contributed by atoms with Crippen molar-refractivity contribution in [1.29, 1.82) is 0 Å². The number of methoxy groups -OCH3 is 1. The highest BCUT2D eigenvalue weighted by atomic mass is 19.4. The van der Waals surface area contributed by atoms with Gasteiger partial charge in [0.2, 0.25) is 11.8 Å². The summed E-state index contributed by atoms with van der Waals surface area (Å²) in [6.07, 6.45) is -1.14. The van der Waals surface area contributed by atoms with E-state index in [1.54, 1.807) is 0 Å². The molecule has 0 spiro atoms. The first kappa shape index (κ1) is 27.4.